The first-order valence-electron chi connectivity index (χ1n) is 8.40. The van der Waals surface area contributed by atoms with Crippen molar-refractivity contribution >= 4 is 28.5 Å². The molecule has 1 amide bonds. The van der Waals surface area contributed by atoms with E-state index in [4.69, 9.17) is 10.00 Å². The Morgan fingerprint density at radius 1 is 1.21 bits per heavy atom. The Balaban J connectivity index is 1.86. The molecule has 0 unspecified atom stereocenters. The molecule has 1 aromatic heterocycles. The first kappa shape index (κ1) is 18.8. The van der Waals surface area contributed by atoms with E-state index in [1.54, 1.807) is 42.5 Å². The summed E-state index contributed by atoms with van der Waals surface area (Å²) in [6.45, 7) is 0.886. The third kappa shape index (κ3) is 4.04. The van der Waals surface area contributed by atoms with Crippen molar-refractivity contribution < 1.29 is 14.3 Å². The van der Waals surface area contributed by atoms with Crippen molar-refractivity contribution in [1.82, 2.24) is 9.55 Å². The van der Waals surface area contributed by atoms with Crippen LogP contribution in [0.4, 0.5) is 5.69 Å². The molecule has 0 aliphatic rings. The molecule has 0 bridgehead atoms. The third-order valence-electron chi connectivity index (χ3n) is 3.92. The monoisotopic (exact) mass is 376 g/mol. The van der Waals surface area contributed by atoms with Gasteiger partial charge in [0.15, 0.2) is 5.82 Å². The first-order chi connectivity index (χ1) is 13.5. The molecule has 0 atom stereocenters. The number of aromatic nitrogens is 2. The zero-order valence-corrected chi connectivity index (χ0v) is 15.0. The largest absolute Gasteiger partial charge is 0.454 e. The average molecular weight is 376 g/mol. The fourth-order valence-corrected chi connectivity index (χ4v) is 2.70. The molecule has 0 spiro atoms. The quantitative estimate of drug-likeness (QED) is 0.683. The number of nitriles is 1. The van der Waals surface area contributed by atoms with Crippen LogP contribution in [0.1, 0.15) is 23.1 Å². The molecule has 0 aliphatic heterocycles. The van der Waals surface area contributed by atoms with Crippen LogP contribution in [0.3, 0.4) is 0 Å². The summed E-state index contributed by atoms with van der Waals surface area (Å²) >= 11 is 0. The molecule has 1 heterocycles. The number of hydrogen-bond acceptors (Lipinski definition) is 6. The summed E-state index contributed by atoms with van der Waals surface area (Å²) in [7, 11) is 0. The highest BCUT2D eigenvalue weighted by atomic mass is 16.5. The number of esters is 1. The zero-order valence-electron chi connectivity index (χ0n) is 15.0. The van der Waals surface area contributed by atoms with E-state index in [1.165, 1.54) is 17.6 Å². The van der Waals surface area contributed by atoms with Crippen LogP contribution >= 0.6 is 0 Å². The number of carbonyl (C=O) groups excluding carboxylic acids is 2. The van der Waals surface area contributed by atoms with Gasteiger partial charge in [-0.25, -0.2) is 9.78 Å². The van der Waals surface area contributed by atoms with Gasteiger partial charge in [0.25, 0.3) is 5.56 Å². The minimum atomic E-state index is -0.641. The maximum atomic E-state index is 12.6. The molecule has 8 heteroatoms. The molecular formula is C20H16N4O4. The Bertz CT molecular complexity index is 1160. The van der Waals surface area contributed by atoms with Crippen LogP contribution in [0.15, 0.2) is 53.3 Å². The topological polar surface area (TPSA) is 114 Å². The Morgan fingerprint density at radius 2 is 2.00 bits per heavy atom. The second-order valence-corrected chi connectivity index (χ2v) is 5.93. The smallest absolute Gasteiger partial charge is 0.338 e. The van der Waals surface area contributed by atoms with Gasteiger partial charge in [0, 0.05) is 12.6 Å². The van der Waals surface area contributed by atoms with E-state index in [0.717, 1.165) is 0 Å². The molecule has 0 aliphatic carbocycles. The molecule has 3 rings (SSSR count). The predicted molar refractivity (Wildman–Crippen MR) is 101 cm³/mol. The fraction of sp³-hybridized carbons (Fsp3) is 0.150. The second-order valence-electron chi connectivity index (χ2n) is 5.93. The molecule has 2 aromatic carbocycles. The van der Waals surface area contributed by atoms with Crippen molar-refractivity contribution in [3.63, 3.8) is 0 Å². The number of hydrogen-bond donors (Lipinski definition) is 1. The van der Waals surface area contributed by atoms with Crippen molar-refractivity contribution in [2.24, 2.45) is 0 Å². The van der Waals surface area contributed by atoms with E-state index in [9.17, 15) is 14.4 Å². The van der Waals surface area contributed by atoms with Gasteiger partial charge in [-0.3, -0.25) is 14.2 Å². The van der Waals surface area contributed by atoms with Crippen molar-refractivity contribution in [3.8, 4) is 6.07 Å². The maximum Gasteiger partial charge on any atom is 0.338 e. The summed E-state index contributed by atoms with van der Waals surface area (Å²) in [6.07, 6.45) is 0. The minimum absolute atomic E-state index is 0.177. The molecule has 1 N–H and O–H groups in total. The van der Waals surface area contributed by atoms with Gasteiger partial charge < -0.3 is 10.1 Å². The summed E-state index contributed by atoms with van der Waals surface area (Å²) in [4.78, 5) is 40.5. The Kier molecular flexibility index (Phi) is 5.46. The van der Waals surface area contributed by atoms with Gasteiger partial charge >= 0.3 is 5.97 Å². The molecule has 8 nitrogen and oxygen atoms in total. The van der Waals surface area contributed by atoms with Crippen molar-refractivity contribution in [2.45, 2.75) is 20.1 Å². The SMILES string of the molecule is CC(=O)Nc1cccc(C(=O)OCc2nc3ccccc3c(=O)n2CC#N)c1. The molecule has 3 aromatic rings. The summed E-state index contributed by atoms with van der Waals surface area (Å²) in [5.74, 6) is -0.721. The normalized spacial score (nSPS) is 10.3. The van der Waals surface area contributed by atoms with E-state index < -0.39 is 5.97 Å². The summed E-state index contributed by atoms with van der Waals surface area (Å²) < 4.78 is 6.47. The van der Waals surface area contributed by atoms with Gasteiger partial charge in [-0.2, -0.15) is 5.26 Å². The van der Waals surface area contributed by atoms with Gasteiger partial charge in [-0.1, -0.05) is 18.2 Å². The lowest BCUT2D eigenvalue weighted by Gasteiger charge is -2.11. The number of amides is 1. The highest BCUT2D eigenvalue weighted by Gasteiger charge is 2.14. The number of para-hydroxylation sites is 1. The van der Waals surface area contributed by atoms with Crippen LogP contribution in [-0.4, -0.2) is 21.4 Å². The molecule has 28 heavy (non-hydrogen) atoms. The van der Waals surface area contributed by atoms with Gasteiger partial charge in [-0.15, -0.1) is 0 Å². The van der Waals surface area contributed by atoms with Crippen molar-refractivity contribution in [3.05, 3.63) is 70.3 Å². The molecule has 0 radical (unpaired) electrons. The second kappa shape index (κ2) is 8.14. The Morgan fingerprint density at radius 3 is 2.75 bits per heavy atom. The minimum Gasteiger partial charge on any atom is -0.454 e. The highest BCUT2D eigenvalue weighted by molar-refractivity contribution is 5.93. The Hall–Kier alpha value is -3.99. The molecule has 0 fully saturated rings. The van der Waals surface area contributed by atoms with Gasteiger partial charge in [0.1, 0.15) is 13.2 Å². The van der Waals surface area contributed by atoms with Crippen molar-refractivity contribution in [1.29, 1.82) is 5.26 Å². The number of nitrogens with zero attached hydrogens (tertiary/aromatic N) is 3. The number of carbonyl (C=O) groups is 2. The van der Waals surface area contributed by atoms with Crippen LogP contribution in [0.2, 0.25) is 0 Å². The molecule has 140 valence electrons. The van der Waals surface area contributed by atoms with Crippen LogP contribution in [0.5, 0.6) is 0 Å². The summed E-state index contributed by atoms with van der Waals surface area (Å²) in [5, 5.41) is 12.0. The first-order valence-corrected chi connectivity index (χ1v) is 8.40. The number of ether oxygens (including phenoxy) is 1. The van der Waals surface area contributed by atoms with Gasteiger partial charge in [-0.05, 0) is 30.3 Å². The van der Waals surface area contributed by atoms with E-state index in [1.807, 2.05) is 6.07 Å². The molecule has 0 saturated carbocycles. The number of anilines is 1. The highest BCUT2D eigenvalue weighted by Crippen LogP contribution is 2.13. The van der Waals surface area contributed by atoms with Crippen LogP contribution in [0, 0.1) is 11.3 Å². The van der Waals surface area contributed by atoms with E-state index in [-0.39, 0.29) is 36.0 Å². The fourth-order valence-electron chi connectivity index (χ4n) is 2.70. The lowest BCUT2D eigenvalue weighted by molar-refractivity contribution is -0.114. The average Bonchev–Trinajstić information content (AvgIpc) is 2.68. The van der Waals surface area contributed by atoms with E-state index in [2.05, 4.69) is 10.3 Å². The molecular weight excluding hydrogens is 360 g/mol. The van der Waals surface area contributed by atoms with Crippen LogP contribution in [-0.2, 0) is 22.7 Å². The number of fused-ring (bicyclic) bond motifs is 1. The lowest BCUT2D eigenvalue weighted by atomic mass is 10.2. The van der Waals surface area contributed by atoms with Gasteiger partial charge in [0.05, 0.1) is 22.5 Å². The lowest BCUT2D eigenvalue weighted by Crippen LogP contribution is -2.26. The Labute approximate surface area is 160 Å². The third-order valence-corrected chi connectivity index (χ3v) is 3.92. The van der Waals surface area contributed by atoms with Crippen LogP contribution < -0.4 is 10.9 Å². The number of nitrogens with one attached hydrogen (secondary N) is 1. The number of rotatable bonds is 5. The van der Waals surface area contributed by atoms with Crippen molar-refractivity contribution in [2.75, 3.05) is 5.32 Å². The number of benzene rings is 2. The summed E-state index contributed by atoms with van der Waals surface area (Å²) in [5.41, 5.74) is 0.791. The van der Waals surface area contributed by atoms with Crippen LogP contribution in [0.25, 0.3) is 10.9 Å². The maximum absolute atomic E-state index is 12.6. The predicted octanol–water partition coefficient (Wildman–Crippen LogP) is 2.24. The van der Waals surface area contributed by atoms with E-state index in [0.29, 0.717) is 16.6 Å². The van der Waals surface area contributed by atoms with Gasteiger partial charge in [0.2, 0.25) is 5.91 Å². The van der Waals surface area contributed by atoms with E-state index >= 15 is 0 Å². The standard InChI is InChI=1S/C20H16N4O4/c1-13(25)22-15-6-4-5-14(11-15)20(27)28-12-18-23-17-8-3-2-7-16(17)19(26)24(18)10-9-21/h2-8,11H,10,12H2,1H3,(H,22,25). The zero-order chi connectivity index (χ0) is 20.1. The summed E-state index contributed by atoms with van der Waals surface area (Å²) in [6, 6.07) is 15.0. The molecule has 0 saturated heterocycles.